The van der Waals surface area contributed by atoms with Crippen LogP contribution in [0.15, 0.2) is 28.7 Å². The number of halogens is 1. The number of benzene rings is 1. The van der Waals surface area contributed by atoms with Gasteiger partial charge in [0.2, 0.25) is 0 Å². The van der Waals surface area contributed by atoms with Crippen molar-refractivity contribution < 1.29 is 24.2 Å². The fourth-order valence-corrected chi connectivity index (χ4v) is 3.24. The van der Waals surface area contributed by atoms with Gasteiger partial charge in [-0.15, -0.1) is 0 Å². The number of carbonyl (C=O) groups excluding carboxylic acids is 1. The fourth-order valence-electron chi connectivity index (χ4n) is 2.73. The van der Waals surface area contributed by atoms with Crippen LogP contribution in [0.25, 0.3) is 0 Å². The van der Waals surface area contributed by atoms with Gasteiger partial charge in [-0.25, -0.2) is 9.59 Å². The van der Waals surface area contributed by atoms with E-state index in [1.54, 1.807) is 52.8 Å². The highest BCUT2D eigenvalue weighted by Crippen LogP contribution is 2.43. The van der Waals surface area contributed by atoms with Gasteiger partial charge in [0.15, 0.2) is 6.04 Å². The van der Waals surface area contributed by atoms with Crippen molar-refractivity contribution in [2.45, 2.75) is 58.1 Å². The van der Waals surface area contributed by atoms with Crippen LogP contribution in [-0.4, -0.2) is 39.4 Å². The second kappa shape index (κ2) is 6.37. The van der Waals surface area contributed by atoms with Crippen LogP contribution in [0.2, 0.25) is 0 Å². The zero-order chi connectivity index (χ0) is 18.3. The van der Waals surface area contributed by atoms with Crippen molar-refractivity contribution >= 4 is 28.0 Å². The van der Waals surface area contributed by atoms with Crippen molar-refractivity contribution in [3.63, 3.8) is 0 Å². The molecule has 1 heterocycles. The van der Waals surface area contributed by atoms with Gasteiger partial charge in [-0.3, -0.25) is 4.90 Å². The highest BCUT2D eigenvalue weighted by atomic mass is 79.9. The summed E-state index contributed by atoms with van der Waals surface area (Å²) < 4.78 is 12.1. The van der Waals surface area contributed by atoms with Crippen LogP contribution in [-0.2, 0) is 14.3 Å². The van der Waals surface area contributed by atoms with Gasteiger partial charge in [-0.1, -0.05) is 34.1 Å². The zero-order valence-electron chi connectivity index (χ0n) is 14.4. The number of carbonyl (C=O) groups is 2. The summed E-state index contributed by atoms with van der Waals surface area (Å²) in [5, 5.41) is 9.74. The fraction of sp³-hybridized carbons (Fsp3) is 0.529. The maximum absolute atomic E-state index is 12.6. The summed E-state index contributed by atoms with van der Waals surface area (Å²) in [4.78, 5) is 25.7. The van der Waals surface area contributed by atoms with Crippen LogP contribution in [0.3, 0.4) is 0 Å². The van der Waals surface area contributed by atoms with Gasteiger partial charge in [0.1, 0.15) is 17.4 Å². The molecule has 0 saturated carbocycles. The molecule has 0 unspecified atom stereocenters. The van der Waals surface area contributed by atoms with Crippen molar-refractivity contribution in [3.8, 4) is 0 Å². The lowest BCUT2D eigenvalue weighted by molar-refractivity contribution is -0.143. The zero-order valence-corrected chi connectivity index (χ0v) is 16.0. The molecule has 1 aromatic carbocycles. The standard InChI is InChI=1S/C17H22BrNO5/c1-16(2,3)24-15(22)19-12(14(20)21)13(23-17(19,4)5)10-8-6-7-9-11(10)18/h6-9,12-13H,1-5H3,(H,20,21)/t12-,13+/m0/s1. The predicted octanol–water partition coefficient (Wildman–Crippen LogP) is 3.95. The molecule has 1 aromatic rings. The third-order valence-corrected chi connectivity index (χ3v) is 4.34. The number of aliphatic carboxylic acids is 1. The Hall–Kier alpha value is -1.60. The Morgan fingerprint density at radius 1 is 1.29 bits per heavy atom. The number of nitrogens with zero attached hydrogens (tertiary/aromatic N) is 1. The molecule has 1 fully saturated rings. The molecular formula is C17H22BrNO5. The van der Waals surface area contributed by atoms with Crippen LogP contribution in [0.4, 0.5) is 4.79 Å². The summed E-state index contributed by atoms with van der Waals surface area (Å²) in [5.41, 5.74) is -1.18. The van der Waals surface area contributed by atoms with Crippen LogP contribution in [0.5, 0.6) is 0 Å². The molecule has 0 radical (unpaired) electrons. The van der Waals surface area contributed by atoms with Crippen molar-refractivity contribution in [1.29, 1.82) is 0 Å². The summed E-state index contributed by atoms with van der Waals surface area (Å²) in [6.45, 7) is 8.51. The number of carboxylic acids is 1. The lowest BCUT2D eigenvalue weighted by atomic mass is 10.0. The third kappa shape index (κ3) is 3.72. The first-order valence-electron chi connectivity index (χ1n) is 7.61. The molecule has 0 aliphatic carbocycles. The number of hydrogen-bond donors (Lipinski definition) is 1. The lowest BCUT2D eigenvalue weighted by Gasteiger charge is -2.33. The molecule has 1 aliphatic heterocycles. The molecule has 1 N–H and O–H groups in total. The molecule has 132 valence electrons. The van der Waals surface area contributed by atoms with Gasteiger partial charge < -0.3 is 14.6 Å². The number of amides is 1. The van der Waals surface area contributed by atoms with Gasteiger partial charge in [0.25, 0.3) is 0 Å². The van der Waals surface area contributed by atoms with Gasteiger partial charge >= 0.3 is 12.1 Å². The maximum Gasteiger partial charge on any atom is 0.413 e. The average Bonchev–Trinajstić information content (AvgIpc) is 2.69. The monoisotopic (exact) mass is 399 g/mol. The average molecular weight is 400 g/mol. The van der Waals surface area contributed by atoms with Crippen LogP contribution < -0.4 is 0 Å². The number of hydrogen-bond acceptors (Lipinski definition) is 4. The van der Waals surface area contributed by atoms with E-state index in [9.17, 15) is 14.7 Å². The van der Waals surface area contributed by atoms with Crippen LogP contribution in [0.1, 0.15) is 46.3 Å². The van der Waals surface area contributed by atoms with E-state index in [1.807, 2.05) is 6.07 Å². The number of carboxylic acid groups (broad SMARTS) is 1. The van der Waals surface area contributed by atoms with Crippen molar-refractivity contribution in [2.75, 3.05) is 0 Å². The van der Waals surface area contributed by atoms with Crippen molar-refractivity contribution in [1.82, 2.24) is 4.90 Å². The Kier molecular flexibility index (Phi) is 4.97. The first kappa shape index (κ1) is 18.7. The second-order valence-electron chi connectivity index (χ2n) is 7.14. The van der Waals surface area contributed by atoms with Crippen LogP contribution in [0, 0.1) is 0 Å². The van der Waals surface area contributed by atoms with E-state index < -0.39 is 35.5 Å². The quantitative estimate of drug-likeness (QED) is 0.814. The molecule has 1 aliphatic rings. The van der Waals surface area contributed by atoms with Gasteiger partial charge in [-0.05, 0) is 46.2 Å². The molecule has 6 nitrogen and oxygen atoms in total. The molecule has 0 aromatic heterocycles. The molecular weight excluding hydrogens is 378 g/mol. The number of ether oxygens (including phenoxy) is 2. The molecule has 2 atom stereocenters. The van der Waals surface area contributed by atoms with E-state index in [0.29, 0.717) is 5.56 Å². The highest BCUT2D eigenvalue weighted by molar-refractivity contribution is 9.10. The SMILES string of the molecule is CC(C)(C)OC(=O)N1[C@H](C(=O)O)[C@@H](c2ccccc2Br)OC1(C)C. The summed E-state index contributed by atoms with van der Waals surface area (Å²) in [6, 6.07) is 6.02. The minimum atomic E-state index is -1.19. The van der Waals surface area contributed by atoms with Gasteiger partial charge in [0, 0.05) is 4.47 Å². The van der Waals surface area contributed by atoms with Gasteiger partial charge in [0.05, 0.1) is 0 Å². The molecule has 7 heteroatoms. The summed E-state index contributed by atoms with van der Waals surface area (Å²) >= 11 is 3.42. The first-order valence-corrected chi connectivity index (χ1v) is 8.41. The Morgan fingerprint density at radius 2 is 1.88 bits per heavy atom. The largest absolute Gasteiger partial charge is 0.480 e. The molecule has 24 heavy (non-hydrogen) atoms. The molecule has 0 bridgehead atoms. The van der Waals surface area contributed by atoms with E-state index >= 15 is 0 Å². The predicted molar refractivity (Wildman–Crippen MR) is 91.5 cm³/mol. The smallest absolute Gasteiger partial charge is 0.413 e. The highest BCUT2D eigenvalue weighted by Gasteiger charge is 2.55. The van der Waals surface area contributed by atoms with E-state index in [4.69, 9.17) is 9.47 Å². The normalized spacial score (nSPS) is 23.2. The maximum atomic E-state index is 12.6. The molecule has 1 saturated heterocycles. The van der Waals surface area contributed by atoms with E-state index in [0.717, 1.165) is 9.37 Å². The Morgan fingerprint density at radius 3 is 2.38 bits per heavy atom. The third-order valence-electron chi connectivity index (χ3n) is 3.62. The molecule has 2 rings (SSSR count). The Bertz CT molecular complexity index is 653. The summed E-state index contributed by atoms with van der Waals surface area (Å²) in [7, 11) is 0. The topological polar surface area (TPSA) is 76.1 Å². The Labute approximate surface area is 149 Å². The summed E-state index contributed by atoms with van der Waals surface area (Å²) in [5.74, 6) is -1.15. The minimum Gasteiger partial charge on any atom is -0.480 e. The van der Waals surface area contributed by atoms with E-state index in [2.05, 4.69) is 15.9 Å². The second-order valence-corrected chi connectivity index (χ2v) is 7.99. The van der Waals surface area contributed by atoms with Gasteiger partial charge in [-0.2, -0.15) is 0 Å². The van der Waals surface area contributed by atoms with Crippen molar-refractivity contribution in [2.24, 2.45) is 0 Å². The number of rotatable bonds is 2. The van der Waals surface area contributed by atoms with Crippen LogP contribution >= 0.6 is 15.9 Å². The Balaban J connectivity index is 2.45. The first-order chi connectivity index (χ1) is 10.9. The lowest BCUT2D eigenvalue weighted by Crippen LogP contribution is -2.52. The van der Waals surface area contributed by atoms with Crippen molar-refractivity contribution in [3.05, 3.63) is 34.3 Å². The minimum absolute atomic E-state index is 0.670. The van der Waals surface area contributed by atoms with E-state index in [1.165, 1.54) is 0 Å². The summed E-state index contributed by atoms with van der Waals surface area (Å²) in [6.07, 6.45) is -1.52. The molecule has 1 amide bonds. The molecule has 0 spiro atoms. The van der Waals surface area contributed by atoms with E-state index in [-0.39, 0.29) is 0 Å².